The van der Waals surface area contributed by atoms with Gasteiger partial charge in [-0.15, -0.1) is 0 Å². The van der Waals surface area contributed by atoms with Crippen molar-refractivity contribution in [1.29, 1.82) is 0 Å². The van der Waals surface area contributed by atoms with Crippen molar-refractivity contribution in [3.05, 3.63) is 0 Å². The SMILES string of the molecule is CCCCCCCC.CN(CCO)CCO. The van der Waals surface area contributed by atoms with Crippen LogP contribution in [0.1, 0.15) is 52.4 Å². The fourth-order valence-corrected chi connectivity index (χ4v) is 1.31. The van der Waals surface area contributed by atoms with Gasteiger partial charge in [-0.25, -0.2) is 0 Å². The lowest BCUT2D eigenvalue weighted by Crippen LogP contribution is -2.25. The first-order valence-corrected chi connectivity index (χ1v) is 6.63. The highest BCUT2D eigenvalue weighted by Gasteiger charge is 1.91. The first-order valence-electron chi connectivity index (χ1n) is 6.63. The molecule has 3 heteroatoms. The van der Waals surface area contributed by atoms with Gasteiger partial charge in [-0.2, -0.15) is 0 Å². The maximum Gasteiger partial charge on any atom is 0.0558 e. The van der Waals surface area contributed by atoms with Crippen LogP contribution in [0.2, 0.25) is 0 Å². The Balaban J connectivity index is 0. The average Bonchev–Trinajstić information content (AvgIpc) is 2.26. The molecule has 0 aliphatic rings. The van der Waals surface area contributed by atoms with E-state index in [9.17, 15) is 0 Å². The molecular weight excluding hydrogens is 202 g/mol. The van der Waals surface area contributed by atoms with Crippen molar-refractivity contribution >= 4 is 0 Å². The van der Waals surface area contributed by atoms with Crippen molar-refractivity contribution in [1.82, 2.24) is 4.90 Å². The molecule has 0 rings (SSSR count). The predicted octanol–water partition coefficient (Wildman–Crippen LogP) is 2.27. The monoisotopic (exact) mass is 233 g/mol. The minimum Gasteiger partial charge on any atom is -0.395 e. The van der Waals surface area contributed by atoms with Gasteiger partial charge >= 0.3 is 0 Å². The molecule has 0 aromatic carbocycles. The molecule has 0 aliphatic carbocycles. The van der Waals surface area contributed by atoms with Crippen LogP contribution in [-0.4, -0.2) is 48.5 Å². The average molecular weight is 233 g/mol. The summed E-state index contributed by atoms with van der Waals surface area (Å²) in [7, 11) is 1.85. The summed E-state index contributed by atoms with van der Waals surface area (Å²) in [5.41, 5.74) is 0. The normalized spacial score (nSPS) is 10.1. The third-order valence-corrected chi connectivity index (χ3v) is 2.42. The number of unbranched alkanes of at least 4 members (excludes halogenated alkanes) is 5. The van der Waals surface area contributed by atoms with Crippen LogP contribution in [0.5, 0.6) is 0 Å². The van der Waals surface area contributed by atoms with Gasteiger partial charge in [-0.05, 0) is 7.05 Å². The molecule has 0 atom stereocenters. The van der Waals surface area contributed by atoms with E-state index in [0.29, 0.717) is 13.1 Å². The zero-order chi connectivity index (χ0) is 12.6. The second-order valence-corrected chi connectivity index (χ2v) is 4.16. The Hall–Kier alpha value is -0.120. The van der Waals surface area contributed by atoms with E-state index >= 15 is 0 Å². The Bertz CT molecular complexity index is 98.1. The maximum absolute atomic E-state index is 8.34. The number of nitrogens with zero attached hydrogens (tertiary/aromatic N) is 1. The zero-order valence-corrected chi connectivity index (χ0v) is 11.4. The molecule has 0 radical (unpaired) electrons. The molecular formula is C13H31NO2. The van der Waals surface area contributed by atoms with E-state index in [1.807, 2.05) is 11.9 Å². The van der Waals surface area contributed by atoms with Crippen LogP contribution in [-0.2, 0) is 0 Å². The lowest BCUT2D eigenvalue weighted by Gasteiger charge is -2.11. The van der Waals surface area contributed by atoms with Crippen molar-refractivity contribution in [2.24, 2.45) is 0 Å². The topological polar surface area (TPSA) is 43.7 Å². The first kappa shape index (κ1) is 18.3. The van der Waals surface area contributed by atoms with Gasteiger partial charge in [0.05, 0.1) is 13.2 Å². The van der Waals surface area contributed by atoms with E-state index in [4.69, 9.17) is 10.2 Å². The first-order chi connectivity index (χ1) is 7.72. The lowest BCUT2D eigenvalue weighted by molar-refractivity contribution is 0.184. The van der Waals surface area contributed by atoms with Crippen molar-refractivity contribution in [3.63, 3.8) is 0 Å². The summed E-state index contributed by atoms with van der Waals surface area (Å²) in [5.74, 6) is 0. The molecule has 2 N–H and O–H groups in total. The molecule has 0 bridgehead atoms. The maximum atomic E-state index is 8.34. The van der Waals surface area contributed by atoms with Crippen molar-refractivity contribution in [2.45, 2.75) is 52.4 Å². The largest absolute Gasteiger partial charge is 0.395 e. The highest BCUT2D eigenvalue weighted by molar-refractivity contribution is 4.45. The van der Waals surface area contributed by atoms with Crippen LogP contribution >= 0.6 is 0 Å². The number of hydrogen-bond acceptors (Lipinski definition) is 3. The van der Waals surface area contributed by atoms with Crippen molar-refractivity contribution in [2.75, 3.05) is 33.4 Å². The van der Waals surface area contributed by atoms with E-state index in [1.165, 1.54) is 38.5 Å². The highest BCUT2D eigenvalue weighted by atomic mass is 16.3. The van der Waals surface area contributed by atoms with Crippen molar-refractivity contribution < 1.29 is 10.2 Å². The van der Waals surface area contributed by atoms with Gasteiger partial charge in [0, 0.05) is 13.1 Å². The van der Waals surface area contributed by atoms with Crippen LogP contribution < -0.4 is 0 Å². The Labute approximate surface area is 101 Å². The molecule has 0 heterocycles. The van der Waals surface area contributed by atoms with E-state index in [1.54, 1.807) is 0 Å². The Kier molecular flexibility index (Phi) is 19.7. The third kappa shape index (κ3) is 19.5. The standard InChI is InChI=1S/C8H18.C5H13NO2/c1-3-5-7-8-6-4-2;1-6(2-4-7)3-5-8/h3-8H2,1-2H3;7-8H,2-5H2,1H3. The molecule has 3 nitrogen and oxygen atoms in total. The molecule has 100 valence electrons. The highest BCUT2D eigenvalue weighted by Crippen LogP contribution is 2.03. The molecule has 0 spiro atoms. The fraction of sp³-hybridized carbons (Fsp3) is 1.00. The van der Waals surface area contributed by atoms with Gasteiger partial charge < -0.3 is 15.1 Å². The van der Waals surface area contributed by atoms with E-state index in [2.05, 4.69) is 13.8 Å². The Morgan fingerprint density at radius 1 is 0.750 bits per heavy atom. The number of likely N-dealkylation sites (N-methyl/N-ethyl adjacent to an activating group) is 1. The summed E-state index contributed by atoms with van der Waals surface area (Å²) in [4.78, 5) is 1.86. The van der Waals surface area contributed by atoms with E-state index in [-0.39, 0.29) is 13.2 Å². The quantitative estimate of drug-likeness (QED) is 0.600. The summed E-state index contributed by atoms with van der Waals surface area (Å²) in [6.45, 7) is 6.12. The van der Waals surface area contributed by atoms with Crippen LogP contribution in [0.25, 0.3) is 0 Å². The van der Waals surface area contributed by atoms with Gasteiger partial charge in [0.15, 0.2) is 0 Å². The second-order valence-electron chi connectivity index (χ2n) is 4.16. The summed E-state index contributed by atoms with van der Waals surface area (Å²) < 4.78 is 0. The summed E-state index contributed by atoms with van der Waals surface area (Å²) in [5, 5.41) is 16.7. The summed E-state index contributed by atoms with van der Waals surface area (Å²) >= 11 is 0. The van der Waals surface area contributed by atoms with Crippen LogP contribution in [0, 0.1) is 0 Å². The predicted molar refractivity (Wildman–Crippen MR) is 70.7 cm³/mol. The molecule has 0 saturated carbocycles. The summed E-state index contributed by atoms with van der Waals surface area (Å²) in [6.07, 6.45) is 8.49. The summed E-state index contributed by atoms with van der Waals surface area (Å²) in [6, 6.07) is 0. The molecule has 0 amide bonds. The molecule has 0 fully saturated rings. The molecule has 16 heavy (non-hydrogen) atoms. The van der Waals surface area contributed by atoms with Crippen LogP contribution in [0.15, 0.2) is 0 Å². The van der Waals surface area contributed by atoms with E-state index < -0.39 is 0 Å². The molecule has 0 aromatic rings. The van der Waals surface area contributed by atoms with Gasteiger partial charge in [0.1, 0.15) is 0 Å². The lowest BCUT2D eigenvalue weighted by atomic mass is 10.1. The number of rotatable bonds is 9. The molecule has 0 saturated heterocycles. The Morgan fingerprint density at radius 2 is 1.12 bits per heavy atom. The Morgan fingerprint density at radius 3 is 1.38 bits per heavy atom. The van der Waals surface area contributed by atoms with Gasteiger partial charge in [0.25, 0.3) is 0 Å². The molecule has 0 unspecified atom stereocenters. The molecule has 0 aromatic heterocycles. The smallest absolute Gasteiger partial charge is 0.0558 e. The van der Waals surface area contributed by atoms with Crippen molar-refractivity contribution in [3.8, 4) is 0 Å². The minimum absolute atomic E-state index is 0.163. The zero-order valence-electron chi connectivity index (χ0n) is 11.4. The fourth-order valence-electron chi connectivity index (χ4n) is 1.31. The van der Waals surface area contributed by atoms with Crippen LogP contribution in [0.4, 0.5) is 0 Å². The number of aliphatic hydroxyl groups excluding tert-OH is 2. The van der Waals surface area contributed by atoms with Gasteiger partial charge in [-0.3, -0.25) is 0 Å². The minimum atomic E-state index is 0.163. The van der Waals surface area contributed by atoms with Crippen LogP contribution in [0.3, 0.4) is 0 Å². The third-order valence-electron chi connectivity index (χ3n) is 2.42. The second kappa shape index (κ2) is 17.3. The van der Waals surface area contributed by atoms with E-state index in [0.717, 1.165) is 0 Å². The number of hydrogen-bond donors (Lipinski definition) is 2. The molecule has 0 aliphatic heterocycles. The number of aliphatic hydroxyl groups is 2. The van der Waals surface area contributed by atoms with Gasteiger partial charge in [0.2, 0.25) is 0 Å². The van der Waals surface area contributed by atoms with Gasteiger partial charge in [-0.1, -0.05) is 52.4 Å².